The average Bonchev–Trinajstić information content (AvgIpc) is 2.59. The summed E-state index contributed by atoms with van der Waals surface area (Å²) in [6.45, 7) is 1.79. The Kier molecular flexibility index (Phi) is 3.27. The molecule has 1 aliphatic rings. The number of nitrogens with two attached hydrogens (primary N) is 1. The zero-order chi connectivity index (χ0) is 15.0. The van der Waals surface area contributed by atoms with Crippen molar-refractivity contribution in [1.29, 1.82) is 0 Å². The lowest BCUT2D eigenvalue weighted by Gasteiger charge is -2.12. The van der Waals surface area contributed by atoms with Crippen LogP contribution in [0.1, 0.15) is 16.7 Å². The van der Waals surface area contributed by atoms with Gasteiger partial charge < -0.3 is 11.1 Å². The number of hydrogen-bond acceptors (Lipinski definition) is 3. The van der Waals surface area contributed by atoms with E-state index in [1.165, 1.54) is 6.07 Å². The number of nitrogens with zero attached hydrogens (tertiary/aromatic N) is 1. The summed E-state index contributed by atoms with van der Waals surface area (Å²) in [6.07, 6.45) is -1.06. The second-order valence-corrected chi connectivity index (χ2v) is 4.95. The van der Waals surface area contributed by atoms with Gasteiger partial charge in [0.1, 0.15) is 5.82 Å². The first-order valence-corrected chi connectivity index (χ1v) is 6.56. The molecule has 0 aromatic heterocycles. The molecule has 1 heterocycles. The van der Waals surface area contributed by atoms with E-state index in [9.17, 15) is 9.18 Å². The SMILES string of the molecule is Cc1cc(F)c2c(c1)C(c1ccccc1)=NC(N)C(=O)N2. The highest BCUT2D eigenvalue weighted by molar-refractivity contribution is 6.19. The number of halogens is 1. The largest absolute Gasteiger partial charge is 0.320 e. The molecule has 0 spiro atoms. The summed E-state index contributed by atoms with van der Waals surface area (Å²) >= 11 is 0. The lowest BCUT2D eigenvalue weighted by molar-refractivity contribution is -0.117. The fourth-order valence-electron chi connectivity index (χ4n) is 2.35. The summed E-state index contributed by atoms with van der Waals surface area (Å²) in [5.74, 6) is -1.01. The van der Waals surface area contributed by atoms with Crippen molar-refractivity contribution in [3.05, 3.63) is 65.0 Å². The van der Waals surface area contributed by atoms with Crippen LogP contribution in [0.4, 0.5) is 10.1 Å². The van der Waals surface area contributed by atoms with Crippen molar-refractivity contribution < 1.29 is 9.18 Å². The van der Waals surface area contributed by atoms with Crippen molar-refractivity contribution in [3.63, 3.8) is 0 Å². The van der Waals surface area contributed by atoms with Gasteiger partial charge in [-0.05, 0) is 24.6 Å². The number of aliphatic imine (C=N–C) groups is 1. The number of nitrogens with one attached hydrogen (secondary N) is 1. The van der Waals surface area contributed by atoms with Crippen molar-refractivity contribution in [2.75, 3.05) is 5.32 Å². The third-order valence-electron chi connectivity index (χ3n) is 3.32. The van der Waals surface area contributed by atoms with E-state index in [4.69, 9.17) is 5.73 Å². The zero-order valence-electron chi connectivity index (χ0n) is 11.4. The Morgan fingerprint density at radius 1 is 1.24 bits per heavy atom. The van der Waals surface area contributed by atoms with Crippen LogP contribution in [-0.2, 0) is 4.79 Å². The first-order chi connectivity index (χ1) is 10.1. The molecule has 0 bridgehead atoms. The normalized spacial score (nSPS) is 17.6. The molecule has 0 saturated heterocycles. The molecule has 3 rings (SSSR count). The van der Waals surface area contributed by atoms with E-state index < -0.39 is 17.9 Å². The van der Waals surface area contributed by atoms with Gasteiger partial charge in [0, 0.05) is 11.1 Å². The number of benzodiazepines with no additional fused rings is 1. The maximum absolute atomic E-state index is 14.2. The highest BCUT2D eigenvalue weighted by Crippen LogP contribution is 2.27. The topological polar surface area (TPSA) is 67.5 Å². The maximum atomic E-state index is 14.2. The van der Waals surface area contributed by atoms with Gasteiger partial charge >= 0.3 is 0 Å². The standard InChI is InChI=1S/C16H14FN3O/c1-9-7-11-13(10-5-3-2-4-6-10)19-15(18)16(21)20-14(11)12(17)8-9/h2-8,15H,18H2,1H3,(H,20,21). The number of benzene rings is 2. The van der Waals surface area contributed by atoms with Gasteiger partial charge in [0.05, 0.1) is 11.4 Å². The van der Waals surface area contributed by atoms with E-state index in [0.717, 1.165) is 11.1 Å². The Morgan fingerprint density at radius 3 is 2.67 bits per heavy atom. The van der Waals surface area contributed by atoms with Gasteiger partial charge in [-0.25, -0.2) is 4.39 Å². The zero-order valence-corrected chi connectivity index (χ0v) is 11.4. The molecule has 0 aliphatic carbocycles. The average molecular weight is 283 g/mol. The van der Waals surface area contributed by atoms with Gasteiger partial charge in [-0.15, -0.1) is 0 Å². The Bertz CT molecular complexity index is 741. The molecule has 5 heteroatoms. The highest BCUT2D eigenvalue weighted by Gasteiger charge is 2.25. The third-order valence-corrected chi connectivity index (χ3v) is 3.32. The van der Waals surface area contributed by atoms with Crippen LogP contribution >= 0.6 is 0 Å². The molecule has 0 fully saturated rings. The summed E-state index contributed by atoms with van der Waals surface area (Å²) in [6, 6.07) is 12.5. The number of fused-ring (bicyclic) bond motifs is 1. The van der Waals surface area contributed by atoms with Crippen LogP contribution in [0.15, 0.2) is 47.5 Å². The van der Waals surface area contributed by atoms with Crippen LogP contribution in [0.25, 0.3) is 0 Å². The highest BCUT2D eigenvalue weighted by atomic mass is 19.1. The molecule has 0 saturated carbocycles. The predicted octanol–water partition coefficient (Wildman–Crippen LogP) is 2.21. The van der Waals surface area contributed by atoms with E-state index in [0.29, 0.717) is 11.3 Å². The second kappa shape index (κ2) is 5.10. The number of amides is 1. The molecule has 0 radical (unpaired) electrons. The molecule has 21 heavy (non-hydrogen) atoms. The van der Waals surface area contributed by atoms with E-state index in [2.05, 4.69) is 10.3 Å². The number of aryl methyl sites for hydroxylation is 1. The van der Waals surface area contributed by atoms with Crippen LogP contribution in [0, 0.1) is 12.7 Å². The molecule has 2 aromatic rings. The lowest BCUT2D eigenvalue weighted by atomic mass is 9.98. The minimum absolute atomic E-state index is 0.126. The van der Waals surface area contributed by atoms with Crippen LogP contribution in [0.3, 0.4) is 0 Å². The minimum Gasteiger partial charge on any atom is -0.320 e. The van der Waals surface area contributed by atoms with Gasteiger partial charge in [0.25, 0.3) is 5.91 Å². The van der Waals surface area contributed by atoms with Gasteiger partial charge in [-0.3, -0.25) is 9.79 Å². The first kappa shape index (κ1) is 13.5. The number of anilines is 1. The number of rotatable bonds is 1. The van der Waals surface area contributed by atoms with Crippen molar-refractivity contribution >= 4 is 17.3 Å². The smallest absolute Gasteiger partial charge is 0.263 e. The molecule has 1 unspecified atom stereocenters. The molecule has 3 N–H and O–H groups in total. The number of carbonyl (C=O) groups excluding carboxylic acids is 1. The number of hydrogen-bond donors (Lipinski definition) is 2. The van der Waals surface area contributed by atoms with E-state index in [1.807, 2.05) is 30.3 Å². The molecule has 2 aromatic carbocycles. The predicted molar refractivity (Wildman–Crippen MR) is 79.8 cm³/mol. The van der Waals surface area contributed by atoms with E-state index in [1.54, 1.807) is 13.0 Å². The van der Waals surface area contributed by atoms with Gasteiger partial charge in [0.15, 0.2) is 6.17 Å². The Morgan fingerprint density at radius 2 is 1.95 bits per heavy atom. The van der Waals surface area contributed by atoms with Gasteiger partial charge in [-0.2, -0.15) is 0 Å². The van der Waals surface area contributed by atoms with Crippen molar-refractivity contribution in [2.45, 2.75) is 13.1 Å². The molecule has 1 amide bonds. The van der Waals surface area contributed by atoms with E-state index >= 15 is 0 Å². The van der Waals surface area contributed by atoms with Gasteiger partial charge in [-0.1, -0.05) is 30.3 Å². The summed E-state index contributed by atoms with van der Waals surface area (Å²) in [7, 11) is 0. The molecular formula is C16H14FN3O. The quantitative estimate of drug-likeness (QED) is 0.842. The van der Waals surface area contributed by atoms with Crippen molar-refractivity contribution in [3.8, 4) is 0 Å². The monoisotopic (exact) mass is 283 g/mol. The van der Waals surface area contributed by atoms with Gasteiger partial charge in [0.2, 0.25) is 0 Å². The Labute approximate surface area is 121 Å². The van der Waals surface area contributed by atoms with Crippen molar-refractivity contribution in [1.82, 2.24) is 0 Å². The second-order valence-electron chi connectivity index (χ2n) is 4.95. The summed E-state index contributed by atoms with van der Waals surface area (Å²) < 4.78 is 14.2. The van der Waals surface area contributed by atoms with Crippen molar-refractivity contribution in [2.24, 2.45) is 10.7 Å². The summed E-state index contributed by atoms with van der Waals surface area (Å²) in [4.78, 5) is 16.1. The van der Waals surface area contributed by atoms with Crippen LogP contribution < -0.4 is 11.1 Å². The summed E-state index contributed by atoms with van der Waals surface area (Å²) in [5, 5.41) is 2.51. The number of carbonyl (C=O) groups is 1. The minimum atomic E-state index is -1.06. The Hall–Kier alpha value is -2.53. The fraction of sp³-hybridized carbons (Fsp3) is 0.125. The third kappa shape index (κ3) is 2.43. The molecule has 1 atom stereocenters. The lowest BCUT2D eigenvalue weighted by Crippen LogP contribution is -2.33. The Balaban J connectivity index is 2.28. The first-order valence-electron chi connectivity index (χ1n) is 6.56. The molecule has 106 valence electrons. The van der Waals surface area contributed by atoms with Crippen LogP contribution in [0.2, 0.25) is 0 Å². The fourth-order valence-corrected chi connectivity index (χ4v) is 2.35. The molecule has 4 nitrogen and oxygen atoms in total. The van der Waals surface area contributed by atoms with Crippen LogP contribution in [0.5, 0.6) is 0 Å². The summed E-state index contributed by atoms with van der Waals surface area (Å²) in [5.41, 5.74) is 8.47. The molecular weight excluding hydrogens is 269 g/mol. The maximum Gasteiger partial charge on any atom is 0.263 e. The van der Waals surface area contributed by atoms with Crippen LogP contribution in [-0.4, -0.2) is 17.8 Å². The molecule has 1 aliphatic heterocycles. The van der Waals surface area contributed by atoms with E-state index in [-0.39, 0.29) is 5.69 Å².